The molecule has 0 saturated carbocycles. The van der Waals surface area contributed by atoms with Gasteiger partial charge in [-0.25, -0.2) is 0 Å². The number of fused-ring (bicyclic) bond motifs is 1. The van der Waals surface area contributed by atoms with Gasteiger partial charge in [0.1, 0.15) is 6.10 Å². The van der Waals surface area contributed by atoms with Gasteiger partial charge < -0.3 is 9.47 Å². The van der Waals surface area contributed by atoms with Crippen LogP contribution in [0.3, 0.4) is 0 Å². The monoisotopic (exact) mass is 140 g/mol. The van der Waals surface area contributed by atoms with Gasteiger partial charge in [0.2, 0.25) is 0 Å². The lowest BCUT2D eigenvalue weighted by atomic mass is 10.0. The minimum absolute atomic E-state index is 0.252. The van der Waals surface area contributed by atoms with Crippen molar-refractivity contribution in [2.75, 3.05) is 13.2 Å². The summed E-state index contributed by atoms with van der Waals surface area (Å²) in [5, 5.41) is 0. The van der Waals surface area contributed by atoms with Crippen LogP contribution in [0.25, 0.3) is 0 Å². The Morgan fingerprint density at radius 3 is 3.20 bits per heavy atom. The summed E-state index contributed by atoms with van der Waals surface area (Å²) < 4.78 is 10.9. The van der Waals surface area contributed by atoms with Crippen LogP contribution in [0.1, 0.15) is 12.8 Å². The van der Waals surface area contributed by atoms with E-state index in [2.05, 4.69) is 6.08 Å². The molecule has 0 radical (unpaired) electrons. The minimum atomic E-state index is 0.252. The van der Waals surface area contributed by atoms with Crippen LogP contribution in [-0.2, 0) is 9.47 Å². The van der Waals surface area contributed by atoms with Crippen LogP contribution in [0.15, 0.2) is 12.2 Å². The maximum atomic E-state index is 5.47. The summed E-state index contributed by atoms with van der Waals surface area (Å²) in [6, 6.07) is 0. The molecule has 2 aliphatic rings. The van der Waals surface area contributed by atoms with E-state index >= 15 is 0 Å². The predicted octanol–water partition coefficient (Wildman–Crippen LogP) is 1.12. The summed E-state index contributed by atoms with van der Waals surface area (Å²) in [7, 11) is 0. The summed E-state index contributed by atoms with van der Waals surface area (Å²) in [6.07, 6.45) is 7.06. The highest BCUT2D eigenvalue weighted by Crippen LogP contribution is 2.20. The third-order valence-corrected chi connectivity index (χ3v) is 2.04. The zero-order chi connectivity index (χ0) is 6.81. The highest BCUT2D eigenvalue weighted by Gasteiger charge is 2.25. The maximum absolute atomic E-state index is 5.47. The SMILES string of the molecule is C1=C[C@H]2OCCC[C@@H]2OC1. The Bertz CT molecular complexity index is 142. The van der Waals surface area contributed by atoms with Crippen molar-refractivity contribution in [1.29, 1.82) is 0 Å². The molecule has 0 aliphatic carbocycles. The van der Waals surface area contributed by atoms with E-state index in [-0.39, 0.29) is 6.10 Å². The van der Waals surface area contributed by atoms with E-state index in [1.54, 1.807) is 0 Å². The predicted molar refractivity (Wildman–Crippen MR) is 37.9 cm³/mol. The second-order valence-corrected chi connectivity index (χ2v) is 2.78. The lowest BCUT2D eigenvalue weighted by Crippen LogP contribution is -2.37. The normalized spacial score (nSPS) is 39.2. The molecule has 0 unspecified atom stereocenters. The molecule has 0 aromatic carbocycles. The number of hydrogen-bond acceptors (Lipinski definition) is 2. The fraction of sp³-hybridized carbons (Fsp3) is 0.750. The first-order valence-corrected chi connectivity index (χ1v) is 3.87. The van der Waals surface area contributed by atoms with Gasteiger partial charge in [0.15, 0.2) is 0 Å². The van der Waals surface area contributed by atoms with Gasteiger partial charge in [-0.3, -0.25) is 0 Å². The third kappa shape index (κ3) is 1.09. The molecule has 0 spiro atoms. The van der Waals surface area contributed by atoms with Gasteiger partial charge in [0.05, 0.1) is 12.7 Å². The molecular weight excluding hydrogens is 128 g/mol. The fourth-order valence-corrected chi connectivity index (χ4v) is 1.50. The first-order chi connectivity index (χ1) is 4.97. The molecule has 2 heteroatoms. The Morgan fingerprint density at radius 2 is 2.30 bits per heavy atom. The zero-order valence-electron chi connectivity index (χ0n) is 5.95. The van der Waals surface area contributed by atoms with Crippen LogP contribution in [0.4, 0.5) is 0 Å². The van der Waals surface area contributed by atoms with E-state index in [4.69, 9.17) is 9.47 Å². The molecule has 2 atom stereocenters. The van der Waals surface area contributed by atoms with Crippen LogP contribution in [0.2, 0.25) is 0 Å². The van der Waals surface area contributed by atoms with Gasteiger partial charge in [-0.2, -0.15) is 0 Å². The Labute approximate surface area is 60.8 Å². The Balaban J connectivity index is 2.03. The molecule has 0 aromatic heterocycles. The Morgan fingerprint density at radius 1 is 1.30 bits per heavy atom. The molecule has 1 saturated heterocycles. The van der Waals surface area contributed by atoms with E-state index in [1.165, 1.54) is 0 Å². The van der Waals surface area contributed by atoms with E-state index in [0.29, 0.717) is 6.10 Å². The van der Waals surface area contributed by atoms with Gasteiger partial charge in [-0.05, 0) is 12.8 Å². The molecule has 10 heavy (non-hydrogen) atoms. The number of ether oxygens (including phenoxy) is 2. The van der Waals surface area contributed by atoms with E-state index in [0.717, 1.165) is 26.1 Å². The first-order valence-electron chi connectivity index (χ1n) is 3.87. The summed E-state index contributed by atoms with van der Waals surface area (Å²) in [4.78, 5) is 0. The van der Waals surface area contributed by atoms with Crippen LogP contribution in [-0.4, -0.2) is 25.4 Å². The summed E-state index contributed by atoms with van der Waals surface area (Å²) in [5.41, 5.74) is 0. The largest absolute Gasteiger partial charge is 0.371 e. The van der Waals surface area contributed by atoms with Crippen molar-refractivity contribution in [3.8, 4) is 0 Å². The molecule has 1 fully saturated rings. The smallest absolute Gasteiger partial charge is 0.102 e. The van der Waals surface area contributed by atoms with Crippen molar-refractivity contribution in [2.24, 2.45) is 0 Å². The summed E-state index contributed by atoms with van der Waals surface area (Å²) in [6.45, 7) is 1.67. The van der Waals surface area contributed by atoms with Gasteiger partial charge in [-0.15, -0.1) is 0 Å². The van der Waals surface area contributed by atoms with Crippen molar-refractivity contribution in [2.45, 2.75) is 25.0 Å². The molecule has 2 heterocycles. The minimum Gasteiger partial charge on any atom is -0.371 e. The summed E-state index contributed by atoms with van der Waals surface area (Å²) in [5.74, 6) is 0. The fourth-order valence-electron chi connectivity index (χ4n) is 1.50. The topological polar surface area (TPSA) is 18.5 Å². The first kappa shape index (κ1) is 6.38. The van der Waals surface area contributed by atoms with Crippen molar-refractivity contribution in [1.82, 2.24) is 0 Å². The lowest BCUT2D eigenvalue weighted by Gasteiger charge is -2.31. The molecule has 0 amide bonds. The van der Waals surface area contributed by atoms with Crippen molar-refractivity contribution >= 4 is 0 Å². The number of hydrogen-bond donors (Lipinski definition) is 0. The van der Waals surface area contributed by atoms with Crippen LogP contribution < -0.4 is 0 Å². The van der Waals surface area contributed by atoms with Crippen LogP contribution in [0.5, 0.6) is 0 Å². The highest BCUT2D eigenvalue weighted by atomic mass is 16.5. The molecule has 2 nitrogen and oxygen atoms in total. The quantitative estimate of drug-likeness (QED) is 0.469. The average molecular weight is 140 g/mol. The molecular formula is C8H12O2. The molecule has 2 aliphatic heterocycles. The number of rotatable bonds is 0. The van der Waals surface area contributed by atoms with E-state index in [9.17, 15) is 0 Å². The second kappa shape index (κ2) is 2.72. The average Bonchev–Trinajstić information content (AvgIpc) is 2.05. The molecule has 0 bridgehead atoms. The molecule has 0 N–H and O–H groups in total. The van der Waals surface area contributed by atoms with Crippen LogP contribution >= 0.6 is 0 Å². The Hall–Kier alpha value is -0.340. The lowest BCUT2D eigenvalue weighted by molar-refractivity contribution is -0.0853. The second-order valence-electron chi connectivity index (χ2n) is 2.78. The van der Waals surface area contributed by atoms with Crippen molar-refractivity contribution < 1.29 is 9.47 Å². The Kier molecular flexibility index (Phi) is 1.74. The molecule has 0 aromatic rings. The van der Waals surface area contributed by atoms with Gasteiger partial charge in [0.25, 0.3) is 0 Å². The highest BCUT2D eigenvalue weighted by molar-refractivity contribution is 4.99. The van der Waals surface area contributed by atoms with E-state index < -0.39 is 0 Å². The zero-order valence-corrected chi connectivity index (χ0v) is 5.95. The third-order valence-electron chi connectivity index (χ3n) is 2.04. The van der Waals surface area contributed by atoms with Crippen LogP contribution in [0, 0.1) is 0 Å². The van der Waals surface area contributed by atoms with Crippen molar-refractivity contribution in [3.05, 3.63) is 12.2 Å². The van der Waals surface area contributed by atoms with E-state index in [1.807, 2.05) is 6.08 Å². The molecule has 56 valence electrons. The standard InChI is InChI=1S/C8H12O2/c1-3-7-8(9-5-1)4-2-6-10-7/h1,3,7-8H,2,4-6H2/t7-,8+/m1/s1. The van der Waals surface area contributed by atoms with Gasteiger partial charge in [0, 0.05) is 6.61 Å². The van der Waals surface area contributed by atoms with Gasteiger partial charge in [-0.1, -0.05) is 12.2 Å². The maximum Gasteiger partial charge on any atom is 0.102 e. The molecule has 2 rings (SSSR count). The van der Waals surface area contributed by atoms with Crippen molar-refractivity contribution in [3.63, 3.8) is 0 Å². The van der Waals surface area contributed by atoms with Gasteiger partial charge >= 0.3 is 0 Å². The summed E-state index contributed by atoms with van der Waals surface area (Å²) >= 11 is 0.